The minimum absolute atomic E-state index is 0.153. The number of rotatable bonds is 5. The Morgan fingerprint density at radius 2 is 1.96 bits per heavy atom. The SMILES string of the molecule is CC(C)(C)c1nnc(SCC(=O)NCc2ccc(F)cc2)n1N. The van der Waals surface area contributed by atoms with Gasteiger partial charge in [-0.3, -0.25) is 4.79 Å². The molecule has 1 amide bonds. The van der Waals surface area contributed by atoms with Crippen molar-refractivity contribution in [2.75, 3.05) is 11.6 Å². The summed E-state index contributed by atoms with van der Waals surface area (Å²) in [6.07, 6.45) is 0. The summed E-state index contributed by atoms with van der Waals surface area (Å²) in [4.78, 5) is 11.9. The zero-order valence-corrected chi connectivity index (χ0v) is 14.2. The van der Waals surface area contributed by atoms with Gasteiger partial charge in [-0.15, -0.1) is 10.2 Å². The average Bonchev–Trinajstić information content (AvgIpc) is 2.85. The molecular weight excluding hydrogens is 317 g/mol. The van der Waals surface area contributed by atoms with E-state index in [1.165, 1.54) is 28.6 Å². The van der Waals surface area contributed by atoms with E-state index in [0.29, 0.717) is 17.5 Å². The molecule has 23 heavy (non-hydrogen) atoms. The third kappa shape index (κ3) is 4.69. The molecule has 0 saturated carbocycles. The first kappa shape index (κ1) is 17.3. The number of nitrogens with two attached hydrogens (primary N) is 1. The van der Waals surface area contributed by atoms with Crippen LogP contribution in [0.5, 0.6) is 0 Å². The molecule has 0 bridgehead atoms. The van der Waals surface area contributed by atoms with Crippen LogP contribution in [-0.4, -0.2) is 26.5 Å². The summed E-state index contributed by atoms with van der Waals surface area (Å²) < 4.78 is 14.2. The molecule has 2 rings (SSSR count). The van der Waals surface area contributed by atoms with Crippen LogP contribution < -0.4 is 11.2 Å². The van der Waals surface area contributed by atoms with Crippen LogP contribution in [0.4, 0.5) is 4.39 Å². The van der Waals surface area contributed by atoms with Gasteiger partial charge in [0.25, 0.3) is 0 Å². The van der Waals surface area contributed by atoms with Gasteiger partial charge in [0.05, 0.1) is 5.75 Å². The summed E-state index contributed by atoms with van der Waals surface area (Å²) in [7, 11) is 0. The van der Waals surface area contributed by atoms with Crippen molar-refractivity contribution in [2.45, 2.75) is 37.9 Å². The number of amides is 1. The van der Waals surface area contributed by atoms with E-state index >= 15 is 0 Å². The number of nitrogens with zero attached hydrogens (tertiary/aromatic N) is 3. The lowest BCUT2D eigenvalue weighted by molar-refractivity contribution is -0.118. The molecule has 0 aliphatic rings. The van der Waals surface area contributed by atoms with E-state index in [4.69, 9.17) is 5.84 Å². The molecule has 0 aliphatic carbocycles. The third-order valence-corrected chi connectivity index (χ3v) is 4.01. The van der Waals surface area contributed by atoms with Gasteiger partial charge in [-0.1, -0.05) is 44.7 Å². The highest BCUT2D eigenvalue weighted by Crippen LogP contribution is 2.22. The first-order valence-corrected chi connectivity index (χ1v) is 8.11. The maximum atomic E-state index is 12.8. The smallest absolute Gasteiger partial charge is 0.230 e. The van der Waals surface area contributed by atoms with Gasteiger partial charge in [0.15, 0.2) is 5.82 Å². The number of halogens is 1. The van der Waals surface area contributed by atoms with Crippen molar-refractivity contribution in [3.8, 4) is 0 Å². The Hall–Kier alpha value is -2.09. The molecule has 1 aromatic carbocycles. The molecule has 0 saturated heterocycles. The second-order valence-electron chi connectivity index (χ2n) is 6.12. The molecule has 124 valence electrons. The number of nitrogens with one attached hydrogen (secondary N) is 1. The zero-order chi connectivity index (χ0) is 17.0. The molecule has 3 N–H and O–H groups in total. The summed E-state index contributed by atoms with van der Waals surface area (Å²) in [5, 5.41) is 11.3. The summed E-state index contributed by atoms with van der Waals surface area (Å²) in [6.45, 7) is 6.32. The molecule has 8 heteroatoms. The Labute approximate surface area is 138 Å². The molecule has 0 radical (unpaired) electrons. The Bertz CT molecular complexity index is 678. The number of aromatic nitrogens is 3. The lowest BCUT2D eigenvalue weighted by Crippen LogP contribution is -2.26. The zero-order valence-electron chi connectivity index (χ0n) is 13.3. The fraction of sp³-hybridized carbons (Fsp3) is 0.400. The van der Waals surface area contributed by atoms with Gasteiger partial charge in [0.2, 0.25) is 11.1 Å². The van der Waals surface area contributed by atoms with E-state index in [9.17, 15) is 9.18 Å². The topological polar surface area (TPSA) is 85.8 Å². The number of benzene rings is 1. The molecule has 1 heterocycles. The maximum absolute atomic E-state index is 12.8. The fourth-order valence-electron chi connectivity index (χ4n) is 1.87. The van der Waals surface area contributed by atoms with Crippen molar-refractivity contribution < 1.29 is 9.18 Å². The Balaban J connectivity index is 1.85. The number of carbonyl (C=O) groups is 1. The Kier molecular flexibility index (Phi) is 5.25. The van der Waals surface area contributed by atoms with Crippen molar-refractivity contribution in [3.63, 3.8) is 0 Å². The van der Waals surface area contributed by atoms with Crippen molar-refractivity contribution in [1.82, 2.24) is 20.2 Å². The van der Waals surface area contributed by atoms with Gasteiger partial charge < -0.3 is 11.2 Å². The van der Waals surface area contributed by atoms with Crippen LogP contribution in [-0.2, 0) is 16.8 Å². The minimum Gasteiger partial charge on any atom is -0.351 e. The fourth-order valence-corrected chi connectivity index (χ4v) is 2.56. The largest absolute Gasteiger partial charge is 0.351 e. The number of nitrogen functional groups attached to an aromatic ring is 1. The first-order valence-electron chi connectivity index (χ1n) is 7.12. The summed E-state index contributed by atoms with van der Waals surface area (Å²) in [6, 6.07) is 5.99. The summed E-state index contributed by atoms with van der Waals surface area (Å²) in [5.74, 6) is 6.35. The van der Waals surface area contributed by atoms with Gasteiger partial charge >= 0.3 is 0 Å². The highest BCUT2D eigenvalue weighted by atomic mass is 32.2. The van der Waals surface area contributed by atoms with Crippen molar-refractivity contribution in [1.29, 1.82) is 0 Å². The van der Waals surface area contributed by atoms with E-state index < -0.39 is 0 Å². The molecule has 2 aromatic rings. The van der Waals surface area contributed by atoms with Crippen LogP contribution in [0.25, 0.3) is 0 Å². The van der Waals surface area contributed by atoms with E-state index in [1.54, 1.807) is 12.1 Å². The summed E-state index contributed by atoms with van der Waals surface area (Å²) >= 11 is 1.22. The number of thioether (sulfide) groups is 1. The molecule has 6 nitrogen and oxygen atoms in total. The van der Waals surface area contributed by atoms with Crippen molar-refractivity contribution >= 4 is 17.7 Å². The van der Waals surface area contributed by atoms with Gasteiger partial charge in [-0.2, -0.15) is 0 Å². The highest BCUT2D eigenvalue weighted by Gasteiger charge is 2.23. The molecular formula is C15H20FN5OS. The lowest BCUT2D eigenvalue weighted by Gasteiger charge is -2.16. The number of hydrogen-bond donors (Lipinski definition) is 2. The summed E-state index contributed by atoms with van der Waals surface area (Å²) in [5.41, 5.74) is 0.618. The van der Waals surface area contributed by atoms with Gasteiger partial charge in [-0.05, 0) is 17.7 Å². The molecule has 0 atom stereocenters. The molecule has 0 aliphatic heterocycles. The lowest BCUT2D eigenvalue weighted by atomic mass is 9.96. The predicted molar refractivity (Wildman–Crippen MR) is 87.8 cm³/mol. The average molecular weight is 337 g/mol. The Morgan fingerprint density at radius 1 is 1.30 bits per heavy atom. The highest BCUT2D eigenvalue weighted by molar-refractivity contribution is 7.99. The second kappa shape index (κ2) is 6.99. The van der Waals surface area contributed by atoms with E-state index in [1.807, 2.05) is 20.8 Å². The number of carbonyl (C=O) groups excluding carboxylic acids is 1. The standard InChI is InChI=1S/C15H20FN5OS/c1-15(2,3)13-19-20-14(21(13)17)23-9-12(22)18-8-10-4-6-11(16)7-5-10/h4-7H,8-9,17H2,1-3H3,(H,18,22). The van der Waals surface area contributed by atoms with E-state index in [-0.39, 0.29) is 22.9 Å². The third-order valence-electron chi connectivity index (χ3n) is 3.07. The van der Waals surface area contributed by atoms with Crippen molar-refractivity contribution in [2.24, 2.45) is 0 Å². The number of hydrogen-bond acceptors (Lipinski definition) is 5. The van der Waals surface area contributed by atoms with Gasteiger partial charge in [-0.25, -0.2) is 9.07 Å². The molecule has 0 spiro atoms. The van der Waals surface area contributed by atoms with Gasteiger partial charge in [0, 0.05) is 12.0 Å². The normalized spacial score (nSPS) is 11.5. The monoisotopic (exact) mass is 337 g/mol. The molecule has 1 aromatic heterocycles. The van der Waals surface area contributed by atoms with E-state index in [0.717, 1.165) is 5.56 Å². The van der Waals surface area contributed by atoms with Crippen LogP contribution in [0.1, 0.15) is 32.2 Å². The van der Waals surface area contributed by atoms with Crippen LogP contribution in [0, 0.1) is 5.82 Å². The minimum atomic E-state index is -0.299. The second-order valence-corrected chi connectivity index (χ2v) is 7.06. The van der Waals surface area contributed by atoms with Crippen molar-refractivity contribution in [3.05, 3.63) is 41.5 Å². The van der Waals surface area contributed by atoms with E-state index in [2.05, 4.69) is 15.5 Å². The predicted octanol–water partition coefficient (Wildman–Crippen LogP) is 1.84. The van der Waals surface area contributed by atoms with Crippen LogP contribution in [0.15, 0.2) is 29.4 Å². The van der Waals surface area contributed by atoms with Crippen LogP contribution in [0.2, 0.25) is 0 Å². The van der Waals surface area contributed by atoms with Gasteiger partial charge in [0.1, 0.15) is 5.82 Å². The maximum Gasteiger partial charge on any atom is 0.230 e. The quantitative estimate of drug-likeness (QED) is 0.642. The van der Waals surface area contributed by atoms with Crippen LogP contribution >= 0.6 is 11.8 Å². The first-order chi connectivity index (χ1) is 10.8. The molecule has 0 fully saturated rings. The Morgan fingerprint density at radius 3 is 2.52 bits per heavy atom. The van der Waals surface area contributed by atoms with Crippen LogP contribution in [0.3, 0.4) is 0 Å². The molecule has 0 unspecified atom stereocenters.